The van der Waals surface area contributed by atoms with E-state index in [2.05, 4.69) is 10.1 Å². The number of likely N-dealkylation sites (N-methyl/N-ethyl adjacent to an activating group) is 1. The van der Waals surface area contributed by atoms with Crippen molar-refractivity contribution < 1.29 is 27.5 Å². The van der Waals surface area contributed by atoms with Gasteiger partial charge in [-0.25, -0.2) is 0 Å². The quantitative estimate of drug-likeness (QED) is 0.887. The molecule has 0 bridgehead atoms. The van der Waals surface area contributed by atoms with E-state index < -0.39 is 18.0 Å². The molecule has 1 heterocycles. The molecule has 0 aromatic heterocycles. The van der Waals surface area contributed by atoms with Gasteiger partial charge in [0.25, 0.3) is 5.91 Å². The molecule has 2 amide bonds. The molecule has 0 unspecified atom stereocenters. The molecular formula is C15H18F3N3O3. The Kier molecular flexibility index (Phi) is 5.66. The highest BCUT2D eigenvalue weighted by atomic mass is 19.4. The van der Waals surface area contributed by atoms with Crippen LogP contribution in [-0.2, 0) is 4.79 Å². The van der Waals surface area contributed by atoms with Gasteiger partial charge in [-0.05, 0) is 18.2 Å². The van der Waals surface area contributed by atoms with Crippen LogP contribution in [0.3, 0.4) is 0 Å². The maximum atomic E-state index is 12.3. The van der Waals surface area contributed by atoms with Crippen LogP contribution >= 0.6 is 0 Å². The molecule has 0 spiro atoms. The lowest BCUT2D eigenvalue weighted by atomic mass is 10.2. The van der Waals surface area contributed by atoms with Crippen LogP contribution in [0.4, 0.5) is 13.2 Å². The van der Waals surface area contributed by atoms with Crippen LogP contribution < -0.4 is 10.1 Å². The molecule has 1 aliphatic heterocycles. The lowest BCUT2D eigenvalue weighted by Gasteiger charge is -2.29. The molecule has 0 aliphatic carbocycles. The van der Waals surface area contributed by atoms with Crippen LogP contribution in [0.5, 0.6) is 5.75 Å². The molecule has 0 atom stereocenters. The van der Waals surface area contributed by atoms with Crippen molar-refractivity contribution in [3.05, 3.63) is 29.8 Å². The molecule has 1 saturated heterocycles. The molecule has 1 aromatic rings. The third-order valence-electron chi connectivity index (χ3n) is 3.50. The average molecular weight is 345 g/mol. The van der Waals surface area contributed by atoms with Crippen molar-refractivity contribution in [2.75, 3.05) is 39.8 Å². The van der Waals surface area contributed by atoms with Gasteiger partial charge in [-0.15, -0.1) is 13.2 Å². The SMILES string of the molecule is CN(CC(=O)N1CCNCC1)C(=O)c1cccc(OC(F)(F)F)c1. The number of hydrogen-bond donors (Lipinski definition) is 1. The highest BCUT2D eigenvalue weighted by molar-refractivity contribution is 5.96. The van der Waals surface area contributed by atoms with Gasteiger partial charge in [0, 0.05) is 38.8 Å². The van der Waals surface area contributed by atoms with Crippen molar-refractivity contribution in [1.29, 1.82) is 0 Å². The Balaban J connectivity index is 1.99. The van der Waals surface area contributed by atoms with E-state index in [1.54, 1.807) is 4.90 Å². The standard InChI is InChI=1S/C15H18F3N3O3/c1-20(10-13(22)21-7-5-19-6-8-21)14(23)11-3-2-4-12(9-11)24-15(16,17)18/h2-4,9,19H,5-8,10H2,1H3. The predicted molar refractivity (Wildman–Crippen MR) is 79.5 cm³/mol. The van der Waals surface area contributed by atoms with E-state index >= 15 is 0 Å². The monoisotopic (exact) mass is 345 g/mol. The van der Waals surface area contributed by atoms with E-state index in [1.807, 2.05) is 0 Å². The predicted octanol–water partition coefficient (Wildman–Crippen LogP) is 1.09. The second-order valence-corrected chi connectivity index (χ2v) is 5.37. The summed E-state index contributed by atoms with van der Waals surface area (Å²) in [5.74, 6) is -1.23. The summed E-state index contributed by atoms with van der Waals surface area (Å²) in [7, 11) is 1.43. The summed E-state index contributed by atoms with van der Waals surface area (Å²) in [6.45, 7) is 2.38. The number of carbonyl (C=O) groups excluding carboxylic acids is 2. The second-order valence-electron chi connectivity index (χ2n) is 5.37. The Labute approximate surface area is 137 Å². The second kappa shape index (κ2) is 7.52. The first-order chi connectivity index (χ1) is 11.3. The zero-order valence-electron chi connectivity index (χ0n) is 13.1. The summed E-state index contributed by atoms with van der Waals surface area (Å²) in [5.41, 5.74) is 0.0207. The summed E-state index contributed by atoms with van der Waals surface area (Å²) in [5, 5.41) is 3.12. The minimum absolute atomic E-state index is 0.0207. The van der Waals surface area contributed by atoms with Gasteiger partial charge in [0.15, 0.2) is 0 Å². The first-order valence-corrected chi connectivity index (χ1v) is 7.36. The van der Waals surface area contributed by atoms with E-state index in [4.69, 9.17) is 0 Å². The molecule has 9 heteroatoms. The maximum Gasteiger partial charge on any atom is 0.573 e. The normalized spacial score (nSPS) is 15.1. The number of nitrogens with zero attached hydrogens (tertiary/aromatic N) is 2. The Morgan fingerprint density at radius 2 is 1.96 bits per heavy atom. The smallest absolute Gasteiger partial charge is 0.406 e. The summed E-state index contributed by atoms with van der Waals surface area (Å²) in [4.78, 5) is 27.2. The van der Waals surface area contributed by atoms with E-state index in [-0.39, 0.29) is 18.0 Å². The lowest BCUT2D eigenvalue weighted by molar-refractivity contribution is -0.274. The number of hydrogen-bond acceptors (Lipinski definition) is 4. The molecule has 24 heavy (non-hydrogen) atoms. The summed E-state index contributed by atoms with van der Waals surface area (Å²) < 4.78 is 40.5. The molecule has 0 saturated carbocycles. The van der Waals surface area contributed by atoms with Crippen LogP contribution in [0.15, 0.2) is 24.3 Å². The number of halogens is 3. The summed E-state index contributed by atoms with van der Waals surface area (Å²) in [6.07, 6.45) is -4.83. The maximum absolute atomic E-state index is 12.3. The van der Waals surface area contributed by atoms with Gasteiger partial charge in [-0.2, -0.15) is 0 Å². The number of carbonyl (C=O) groups is 2. The summed E-state index contributed by atoms with van der Waals surface area (Å²) >= 11 is 0. The molecule has 2 rings (SSSR count). The molecule has 6 nitrogen and oxygen atoms in total. The molecule has 1 aliphatic rings. The van der Waals surface area contributed by atoms with Crippen molar-refractivity contribution in [3.63, 3.8) is 0 Å². The highest BCUT2D eigenvalue weighted by Crippen LogP contribution is 2.23. The molecule has 1 aromatic carbocycles. The van der Waals surface area contributed by atoms with Gasteiger partial charge in [-0.1, -0.05) is 6.07 Å². The third kappa shape index (κ3) is 5.12. The van der Waals surface area contributed by atoms with Crippen molar-refractivity contribution >= 4 is 11.8 Å². The Morgan fingerprint density at radius 1 is 1.29 bits per heavy atom. The van der Waals surface area contributed by atoms with Crippen LogP contribution in [0.1, 0.15) is 10.4 Å². The third-order valence-corrected chi connectivity index (χ3v) is 3.50. The fourth-order valence-corrected chi connectivity index (χ4v) is 2.34. The first-order valence-electron chi connectivity index (χ1n) is 7.36. The van der Waals surface area contributed by atoms with Gasteiger partial charge < -0.3 is 19.9 Å². The number of nitrogens with one attached hydrogen (secondary N) is 1. The van der Waals surface area contributed by atoms with E-state index in [9.17, 15) is 22.8 Å². The molecule has 1 fully saturated rings. The fraction of sp³-hybridized carbons (Fsp3) is 0.467. The first kappa shape index (κ1) is 18.1. The van der Waals surface area contributed by atoms with Crippen LogP contribution in [0.25, 0.3) is 0 Å². The Bertz CT molecular complexity index is 601. The van der Waals surface area contributed by atoms with E-state index in [0.717, 1.165) is 12.1 Å². The molecule has 132 valence electrons. The van der Waals surface area contributed by atoms with Crippen LogP contribution in [0.2, 0.25) is 0 Å². The van der Waals surface area contributed by atoms with Gasteiger partial charge in [-0.3, -0.25) is 9.59 Å². The lowest BCUT2D eigenvalue weighted by Crippen LogP contribution is -2.49. The number of ether oxygens (including phenoxy) is 1. The van der Waals surface area contributed by atoms with Gasteiger partial charge in [0.05, 0.1) is 6.54 Å². The minimum atomic E-state index is -4.83. The number of amides is 2. The van der Waals surface area contributed by atoms with Crippen molar-refractivity contribution in [3.8, 4) is 5.75 Å². The Morgan fingerprint density at radius 3 is 2.58 bits per heavy atom. The number of rotatable bonds is 4. The largest absolute Gasteiger partial charge is 0.573 e. The fourth-order valence-electron chi connectivity index (χ4n) is 2.34. The number of piperazine rings is 1. The topological polar surface area (TPSA) is 61.9 Å². The van der Waals surface area contributed by atoms with E-state index in [1.165, 1.54) is 24.1 Å². The zero-order valence-corrected chi connectivity index (χ0v) is 13.1. The molecule has 0 radical (unpaired) electrons. The van der Waals surface area contributed by atoms with Crippen molar-refractivity contribution in [1.82, 2.24) is 15.1 Å². The summed E-state index contributed by atoms with van der Waals surface area (Å²) in [6, 6.07) is 4.77. The van der Waals surface area contributed by atoms with Crippen LogP contribution in [-0.4, -0.2) is 67.7 Å². The zero-order chi connectivity index (χ0) is 17.7. The minimum Gasteiger partial charge on any atom is -0.406 e. The van der Waals surface area contributed by atoms with Gasteiger partial charge >= 0.3 is 6.36 Å². The highest BCUT2D eigenvalue weighted by Gasteiger charge is 2.31. The van der Waals surface area contributed by atoms with E-state index in [0.29, 0.717) is 26.2 Å². The van der Waals surface area contributed by atoms with Crippen molar-refractivity contribution in [2.24, 2.45) is 0 Å². The van der Waals surface area contributed by atoms with Crippen molar-refractivity contribution in [2.45, 2.75) is 6.36 Å². The molecular weight excluding hydrogens is 327 g/mol. The average Bonchev–Trinajstić information content (AvgIpc) is 2.53. The Hall–Kier alpha value is -2.29. The number of benzene rings is 1. The van der Waals surface area contributed by atoms with Gasteiger partial charge in [0.2, 0.25) is 5.91 Å². The van der Waals surface area contributed by atoms with Crippen LogP contribution in [0, 0.1) is 0 Å². The number of alkyl halides is 3. The van der Waals surface area contributed by atoms with Gasteiger partial charge in [0.1, 0.15) is 5.75 Å². The molecule has 1 N–H and O–H groups in total.